The van der Waals surface area contributed by atoms with E-state index in [4.69, 9.17) is 0 Å². The first-order chi connectivity index (χ1) is 14.6. The maximum absolute atomic E-state index is 12.6. The average molecular weight is 429 g/mol. The Bertz CT molecular complexity index is 1150. The van der Waals surface area contributed by atoms with E-state index in [-0.39, 0.29) is 23.4 Å². The second kappa shape index (κ2) is 8.86. The average Bonchev–Trinajstić information content (AvgIpc) is 2.71. The van der Waals surface area contributed by atoms with E-state index in [9.17, 15) is 27.6 Å². The Morgan fingerprint density at radius 2 is 1.45 bits per heavy atom. The van der Waals surface area contributed by atoms with Gasteiger partial charge in [-0.2, -0.15) is 13.2 Å². The van der Waals surface area contributed by atoms with Gasteiger partial charge in [0.15, 0.2) is 0 Å². The van der Waals surface area contributed by atoms with Crippen LogP contribution in [0.4, 0.5) is 24.5 Å². The first-order valence-electron chi connectivity index (χ1n) is 9.17. The lowest BCUT2D eigenvalue weighted by Gasteiger charge is -2.10. The summed E-state index contributed by atoms with van der Waals surface area (Å²) in [5.74, 6) is -0.918. The smallest absolute Gasteiger partial charge is 0.325 e. The third-order valence-corrected chi connectivity index (χ3v) is 4.35. The van der Waals surface area contributed by atoms with Crippen LogP contribution in [0.5, 0.6) is 0 Å². The molecule has 2 aromatic carbocycles. The van der Waals surface area contributed by atoms with Crippen LogP contribution in [0.3, 0.4) is 0 Å². The SMILES string of the molecule is Cc1ccc(=O)n(CC(=O)Nc2ccc(C(=O)Nc3ccc(C(F)(F)F)cc3)cc2)c1. The molecule has 0 bridgehead atoms. The van der Waals surface area contributed by atoms with E-state index >= 15 is 0 Å². The lowest BCUT2D eigenvalue weighted by molar-refractivity contribution is -0.137. The molecule has 0 saturated carbocycles. The van der Waals surface area contributed by atoms with Crippen LogP contribution in [0.25, 0.3) is 0 Å². The molecule has 3 rings (SSSR count). The van der Waals surface area contributed by atoms with Crippen molar-refractivity contribution in [3.05, 3.63) is 93.9 Å². The second-order valence-corrected chi connectivity index (χ2v) is 6.83. The van der Waals surface area contributed by atoms with Crippen molar-refractivity contribution in [2.24, 2.45) is 0 Å². The zero-order valence-electron chi connectivity index (χ0n) is 16.4. The molecule has 0 spiro atoms. The van der Waals surface area contributed by atoms with Crippen LogP contribution in [0.15, 0.2) is 71.7 Å². The van der Waals surface area contributed by atoms with Gasteiger partial charge in [-0.1, -0.05) is 6.07 Å². The number of rotatable bonds is 5. The number of alkyl halides is 3. The van der Waals surface area contributed by atoms with E-state index < -0.39 is 23.6 Å². The molecule has 1 heterocycles. The molecule has 1 aromatic heterocycles. The summed E-state index contributed by atoms with van der Waals surface area (Å²) in [5, 5.41) is 5.15. The van der Waals surface area contributed by atoms with Crippen LogP contribution in [-0.4, -0.2) is 16.4 Å². The molecule has 160 valence electrons. The Kier molecular flexibility index (Phi) is 6.24. The Morgan fingerprint density at radius 3 is 2.06 bits per heavy atom. The molecule has 0 fully saturated rings. The molecule has 0 atom stereocenters. The molecule has 2 amide bonds. The highest BCUT2D eigenvalue weighted by Crippen LogP contribution is 2.29. The van der Waals surface area contributed by atoms with Crippen LogP contribution in [0.2, 0.25) is 0 Å². The van der Waals surface area contributed by atoms with Gasteiger partial charge in [-0.05, 0) is 61.0 Å². The third kappa shape index (κ3) is 5.81. The number of carbonyl (C=O) groups excluding carboxylic acids is 2. The summed E-state index contributed by atoms with van der Waals surface area (Å²) in [5.41, 5.74) is 0.647. The quantitative estimate of drug-likeness (QED) is 0.642. The lowest BCUT2D eigenvalue weighted by Crippen LogP contribution is -2.26. The number of nitrogens with one attached hydrogen (secondary N) is 2. The van der Waals surface area contributed by atoms with Crippen molar-refractivity contribution in [2.75, 3.05) is 10.6 Å². The van der Waals surface area contributed by atoms with Crippen molar-refractivity contribution in [2.45, 2.75) is 19.6 Å². The largest absolute Gasteiger partial charge is 0.416 e. The van der Waals surface area contributed by atoms with Crippen molar-refractivity contribution in [3.63, 3.8) is 0 Å². The standard InChI is InChI=1S/C22H18F3N3O3/c1-14-2-11-20(30)28(12-14)13-19(29)26-17-7-3-15(4-8-17)21(31)27-18-9-5-16(6-10-18)22(23,24)25/h2-12H,13H2,1H3,(H,26,29)(H,27,31). The molecule has 0 aliphatic heterocycles. The van der Waals surface area contributed by atoms with Crippen molar-refractivity contribution >= 4 is 23.2 Å². The molecule has 9 heteroatoms. The zero-order valence-corrected chi connectivity index (χ0v) is 16.4. The van der Waals surface area contributed by atoms with Gasteiger partial charge in [0.1, 0.15) is 6.54 Å². The molecule has 0 radical (unpaired) electrons. The summed E-state index contributed by atoms with van der Waals surface area (Å²) in [7, 11) is 0. The van der Waals surface area contributed by atoms with Gasteiger partial charge in [0.05, 0.1) is 5.56 Å². The maximum atomic E-state index is 12.6. The number of aryl methyl sites for hydroxylation is 1. The number of halogens is 3. The molecule has 31 heavy (non-hydrogen) atoms. The molecule has 6 nitrogen and oxygen atoms in total. The van der Waals surface area contributed by atoms with Gasteiger partial charge in [0.2, 0.25) is 5.91 Å². The van der Waals surface area contributed by atoms with Crippen LogP contribution in [-0.2, 0) is 17.5 Å². The second-order valence-electron chi connectivity index (χ2n) is 6.83. The van der Waals surface area contributed by atoms with Gasteiger partial charge in [0, 0.05) is 29.2 Å². The topological polar surface area (TPSA) is 80.2 Å². The molecule has 0 saturated heterocycles. The monoisotopic (exact) mass is 429 g/mol. The van der Waals surface area contributed by atoms with E-state index in [1.807, 2.05) is 6.92 Å². The summed E-state index contributed by atoms with van der Waals surface area (Å²) in [6, 6.07) is 13.1. The molecule has 0 aliphatic rings. The fourth-order valence-corrected chi connectivity index (χ4v) is 2.78. The van der Waals surface area contributed by atoms with Crippen LogP contribution < -0.4 is 16.2 Å². The number of carbonyl (C=O) groups is 2. The first kappa shape index (κ1) is 21.8. The highest BCUT2D eigenvalue weighted by Gasteiger charge is 2.30. The third-order valence-electron chi connectivity index (χ3n) is 4.35. The summed E-state index contributed by atoms with van der Waals surface area (Å²) in [6.45, 7) is 1.65. The van der Waals surface area contributed by atoms with Crippen molar-refractivity contribution < 1.29 is 22.8 Å². The number of pyridine rings is 1. The Labute approximate surface area is 175 Å². The fraction of sp³-hybridized carbons (Fsp3) is 0.136. The summed E-state index contributed by atoms with van der Waals surface area (Å²) in [6.07, 6.45) is -2.87. The van der Waals surface area contributed by atoms with Gasteiger partial charge < -0.3 is 15.2 Å². The van der Waals surface area contributed by atoms with Crippen molar-refractivity contribution in [1.29, 1.82) is 0 Å². The van der Waals surface area contributed by atoms with E-state index in [2.05, 4.69) is 10.6 Å². The first-order valence-corrected chi connectivity index (χ1v) is 9.17. The predicted octanol–water partition coefficient (Wildman–Crippen LogP) is 4.07. The minimum absolute atomic E-state index is 0.156. The van der Waals surface area contributed by atoms with E-state index in [1.165, 1.54) is 47.0 Å². The number of aromatic nitrogens is 1. The lowest BCUT2D eigenvalue weighted by atomic mass is 10.1. The molecule has 3 aromatic rings. The highest BCUT2D eigenvalue weighted by atomic mass is 19.4. The van der Waals surface area contributed by atoms with Gasteiger partial charge >= 0.3 is 6.18 Å². The number of nitrogens with zero attached hydrogens (tertiary/aromatic N) is 1. The molecule has 0 unspecified atom stereocenters. The van der Waals surface area contributed by atoms with Crippen molar-refractivity contribution in [3.8, 4) is 0 Å². The van der Waals surface area contributed by atoms with E-state index in [0.29, 0.717) is 5.69 Å². The highest BCUT2D eigenvalue weighted by molar-refractivity contribution is 6.04. The van der Waals surface area contributed by atoms with E-state index in [0.717, 1.165) is 17.7 Å². The zero-order chi connectivity index (χ0) is 22.6. The number of amides is 2. The number of hydrogen-bond acceptors (Lipinski definition) is 3. The minimum atomic E-state index is -4.45. The van der Waals surface area contributed by atoms with Gasteiger partial charge in [-0.3, -0.25) is 14.4 Å². The normalized spacial score (nSPS) is 11.1. The van der Waals surface area contributed by atoms with Crippen molar-refractivity contribution in [1.82, 2.24) is 4.57 Å². The number of benzene rings is 2. The summed E-state index contributed by atoms with van der Waals surface area (Å²) < 4.78 is 39.1. The minimum Gasteiger partial charge on any atom is -0.325 e. The van der Waals surface area contributed by atoms with Crippen LogP contribution in [0, 0.1) is 6.92 Å². The Morgan fingerprint density at radius 1 is 0.871 bits per heavy atom. The summed E-state index contributed by atoms with van der Waals surface area (Å²) in [4.78, 5) is 36.2. The number of hydrogen-bond donors (Lipinski definition) is 2. The van der Waals surface area contributed by atoms with Gasteiger partial charge in [-0.25, -0.2) is 0 Å². The Hall–Kier alpha value is -3.88. The number of anilines is 2. The van der Waals surface area contributed by atoms with Gasteiger partial charge in [0.25, 0.3) is 11.5 Å². The molecular weight excluding hydrogens is 411 g/mol. The Balaban J connectivity index is 1.60. The predicted molar refractivity (Wildman–Crippen MR) is 110 cm³/mol. The van der Waals surface area contributed by atoms with Gasteiger partial charge in [-0.15, -0.1) is 0 Å². The van der Waals surface area contributed by atoms with Crippen LogP contribution in [0.1, 0.15) is 21.5 Å². The molecular formula is C22H18F3N3O3. The fourth-order valence-electron chi connectivity index (χ4n) is 2.78. The van der Waals surface area contributed by atoms with Crippen LogP contribution >= 0.6 is 0 Å². The summed E-state index contributed by atoms with van der Waals surface area (Å²) >= 11 is 0. The maximum Gasteiger partial charge on any atom is 0.416 e. The molecule has 0 aliphatic carbocycles. The molecule has 2 N–H and O–H groups in total. The van der Waals surface area contributed by atoms with E-state index in [1.54, 1.807) is 12.3 Å².